The highest BCUT2D eigenvalue weighted by Crippen LogP contribution is 2.22. The van der Waals surface area contributed by atoms with Gasteiger partial charge in [0.25, 0.3) is 0 Å². The van der Waals surface area contributed by atoms with Crippen molar-refractivity contribution >= 4 is 21.5 Å². The van der Waals surface area contributed by atoms with Crippen LogP contribution in [0.25, 0.3) is 21.5 Å². The molecule has 0 N–H and O–H groups in total. The van der Waals surface area contributed by atoms with Crippen LogP contribution >= 0.6 is 0 Å². The summed E-state index contributed by atoms with van der Waals surface area (Å²) in [5.41, 5.74) is 0. The number of fused-ring (bicyclic) bond motifs is 2. The highest BCUT2D eigenvalue weighted by atomic mass is 16.3. The molecule has 0 fully saturated rings. The molecule has 3 rings (SSSR count). The fourth-order valence-corrected chi connectivity index (χ4v) is 1.66. The summed E-state index contributed by atoms with van der Waals surface area (Å²) in [7, 11) is 0. The normalized spacial score (nSPS) is 11.1. The number of furan rings is 1. The molecule has 0 spiro atoms. The average molecular weight is 168 g/mol. The van der Waals surface area contributed by atoms with Gasteiger partial charge in [-0.15, -0.1) is 0 Å². The molecule has 13 heavy (non-hydrogen) atoms. The average Bonchev–Trinajstić information content (AvgIpc) is 2.61. The SMILES string of the molecule is c1ccc2cc3cocc3cc2c1. The van der Waals surface area contributed by atoms with Crippen molar-refractivity contribution < 1.29 is 4.42 Å². The molecule has 2 aromatic carbocycles. The minimum absolute atomic E-state index is 1.17. The largest absolute Gasteiger partial charge is 0.471 e. The van der Waals surface area contributed by atoms with Gasteiger partial charge < -0.3 is 4.42 Å². The summed E-state index contributed by atoms with van der Waals surface area (Å²) in [6.07, 6.45) is 3.56. The van der Waals surface area contributed by atoms with Crippen LogP contribution in [0, 0.1) is 0 Å². The Labute approximate surface area is 75.6 Å². The highest BCUT2D eigenvalue weighted by Gasteiger charge is 1.97. The fourth-order valence-electron chi connectivity index (χ4n) is 1.66. The van der Waals surface area contributed by atoms with Crippen LogP contribution in [0.5, 0.6) is 0 Å². The smallest absolute Gasteiger partial charge is 0.0981 e. The van der Waals surface area contributed by atoms with Crippen LogP contribution in [-0.4, -0.2) is 0 Å². The standard InChI is InChI=1S/C12H8O/c1-2-4-10-6-12-8-13-7-11(12)5-9(10)3-1/h1-8H. The van der Waals surface area contributed by atoms with E-state index in [4.69, 9.17) is 4.42 Å². The molecule has 0 aliphatic rings. The number of rotatable bonds is 0. The zero-order valence-corrected chi connectivity index (χ0v) is 7.03. The lowest BCUT2D eigenvalue weighted by Crippen LogP contribution is -1.70. The second-order valence-corrected chi connectivity index (χ2v) is 3.20. The molecule has 0 atom stereocenters. The molecule has 1 heteroatoms. The van der Waals surface area contributed by atoms with Crippen LogP contribution < -0.4 is 0 Å². The molecule has 0 amide bonds. The van der Waals surface area contributed by atoms with Gasteiger partial charge >= 0.3 is 0 Å². The molecular weight excluding hydrogens is 160 g/mol. The van der Waals surface area contributed by atoms with Gasteiger partial charge in [-0.2, -0.15) is 0 Å². The van der Waals surface area contributed by atoms with Crippen LogP contribution in [0.3, 0.4) is 0 Å². The van der Waals surface area contributed by atoms with E-state index in [0.29, 0.717) is 0 Å². The van der Waals surface area contributed by atoms with Gasteiger partial charge in [-0.1, -0.05) is 24.3 Å². The van der Waals surface area contributed by atoms with Crippen LogP contribution in [0.1, 0.15) is 0 Å². The van der Waals surface area contributed by atoms with E-state index in [1.165, 1.54) is 21.5 Å². The molecule has 3 aromatic rings. The third kappa shape index (κ3) is 0.937. The van der Waals surface area contributed by atoms with Crippen molar-refractivity contribution in [3.8, 4) is 0 Å². The monoisotopic (exact) mass is 168 g/mol. The van der Waals surface area contributed by atoms with Gasteiger partial charge in [0.2, 0.25) is 0 Å². The zero-order chi connectivity index (χ0) is 8.67. The Morgan fingerprint density at radius 3 is 1.77 bits per heavy atom. The van der Waals surface area contributed by atoms with Gasteiger partial charge in [0, 0.05) is 10.8 Å². The summed E-state index contributed by atoms with van der Waals surface area (Å²) in [4.78, 5) is 0. The van der Waals surface area contributed by atoms with E-state index in [2.05, 4.69) is 24.3 Å². The van der Waals surface area contributed by atoms with Crippen LogP contribution in [-0.2, 0) is 0 Å². The van der Waals surface area contributed by atoms with Crippen molar-refractivity contribution in [2.75, 3.05) is 0 Å². The second kappa shape index (κ2) is 2.36. The quantitative estimate of drug-likeness (QED) is 0.500. The molecule has 1 heterocycles. The topological polar surface area (TPSA) is 13.1 Å². The first-order chi connectivity index (χ1) is 6.43. The van der Waals surface area contributed by atoms with Crippen LogP contribution in [0.15, 0.2) is 53.3 Å². The third-order valence-electron chi connectivity index (χ3n) is 2.34. The predicted octanol–water partition coefficient (Wildman–Crippen LogP) is 3.59. The zero-order valence-electron chi connectivity index (χ0n) is 7.03. The van der Waals surface area contributed by atoms with Crippen molar-refractivity contribution in [3.63, 3.8) is 0 Å². The van der Waals surface area contributed by atoms with Gasteiger partial charge in [0.15, 0.2) is 0 Å². The molecule has 62 valence electrons. The lowest BCUT2D eigenvalue weighted by atomic mass is 10.1. The van der Waals surface area contributed by atoms with Gasteiger partial charge in [0.05, 0.1) is 12.5 Å². The summed E-state index contributed by atoms with van der Waals surface area (Å²) >= 11 is 0. The van der Waals surface area contributed by atoms with E-state index in [1.807, 2.05) is 12.1 Å². The van der Waals surface area contributed by atoms with E-state index in [0.717, 1.165) is 0 Å². The van der Waals surface area contributed by atoms with Crippen LogP contribution in [0.2, 0.25) is 0 Å². The Balaban J connectivity index is 2.57. The Kier molecular flexibility index (Phi) is 1.22. The first-order valence-electron chi connectivity index (χ1n) is 4.28. The minimum Gasteiger partial charge on any atom is -0.471 e. The lowest BCUT2D eigenvalue weighted by Gasteiger charge is -1.95. The number of hydrogen-bond acceptors (Lipinski definition) is 1. The van der Waals surface area contributed by atoms with E-state index >= 15 is 0 Å². The summed E-state index contributed by atoms with van der Waals surface area (Å²) in [6, 6.07) is 12.6. The highest BCUT2D eigenvalue weighted by molar-refractivity contribution is 5.97. The van der Waals surface area contributed by atoms with E-state index in [-0.39, 0.29) is 0 Å². The Morgan fingerprint density at radius 1 is 0.692 bits per heavy atom. The Hall–Kier alpha value is -1.76. The van der Waals surface area contributed by atoms with Gasteiger partial charge in [-0.05, 0) is 22.9 Å². The molecule has 1 nitrogen and oxygen atoms in total. The molecule has 1 aromatic heterocycles. The minimum atomic E-state index is 1.17. The number of benzene rings is 2. The van der Waals surface area contributed by atoms with Gasteiger partial charge in [-0.25, -0.2) is 0 Å². The van der Waals surface area contributed by atoms with Crippen molar-refractivity contribution in [2.45, 2.75) is 0 Å². The van der Waals surface area contributed by atoms with E-state index in [1.54, 1.807) is 12.5 Å². The Morgan fingerprint density at radius 2 is 1.23 bits per heavy atom. The van der Waals surface area contributed by atoms with Gasteiger partial charge in [0.1, 0.15) is 0 Å². The molecule has 0 unspecified atom stereocenters. The van der Waals surface area contributed by atoms with Crippen molar-refractivity contribution in [2.24, 2.45) is 0 Å². The van der Waals surface area contributed by atoms with E-state index in [9.17, 15) is 0 Å². The summed E-state index contributed by atoms with van der Waals surface area (Å²) in [5.74, 6) is 0. The molecule has 0 aliphatic carbocycles. The van der Waals surface area contributed by atoms with Crippen LogP contribution in [0.4, 0.5) is 0 Å². The molecular formula is C12H8O. The predicted molar refractivity (Wildman–Crippen MR) is 53.7 cm³/mol. The Bertz CT molecular complexity index is 514. The summed E-state index contributed by atoms with van der Waals surface area (Å²) in [6.45, 7) is 0. The molecule has 0 saturated carbocycles. The molecule has 0 bridgehead atoms. The maximum absolute atomic E-state index is 5.14. The molecule has 0 radical (unpaired) electrons. The van der Waals surface area contributed by atoms with Crippen molar-refractivity contribution in [1.29, 1.82) is 0 Å². The maximum atomic E-state index is 5.14. The van der Waals surface area contributed by atoms with Crippen molar-refractivity contribution in [3.05, 3.63) is 48.9 Å². The first kappa shape index (κ1) is 6.72. The summed E-state index contributed by atoms with van der Waals surface area (Å²) < 4.78 is 5.14. The first-order valence-corrected chi connectivity index (χ1v) is 4.28. The van der Waals surface area contributed by atoms with Gasteiger partial charge in [-0.3, -0.25) is 0 Å². The van der Waals surface area contributed by atoms with Crippen molar-refractivity contribution in [1.82, 2.24) is 0 Å². The molecule has 0 aliphatic heterocycles. The summed E-state index contributed by atoms with van der Waals surface area (Å²) in [5, 5.41) is 4.85. The van der Waals surface area contributed by atoms with E-state index < -0.39 is 0 Å². The molecule has 0 saturated heterocycles. The number of hydrogen-bond donors (Lipinski definition) is 0. The second-order valence-electron chi connectivity index (χ2n) is 3.20. The third-order valence-corrected chi connectivity index (χ3v) is 2.34. The fraction of sp³-hybridized carbons (Fsp3) is 0. The maximum Gasteiger partial charge on any atom is 0.0981 e. The lowest BCUT2D eigenvalue weighted by molar-refractivity contribution is 0.572.